The van der Waals surface area contributed by atoms with Crippen molar-refractivity contribution in [2.24, 2.45) is 0 Å². The Morgan fingerprint density at radius 2 is 1.71 bits per heavy atom. The van der Waals surface area contributed by atoms with Crippen LogP contribution in [0.2, 0.25) is 0 Å². The number of rotatable bonds is 2. The van der Waals surface area contributed by atoms with Crippen LogP contribution in [-0.4, -0.2) is 23.1 Å². The number of para-hydroxylation sites is 1. The van der Waals surface area contributed by atoms with Crippen molar-refractivity contribution in [1.29, 1.82) is 0 Å². The zero-order chi connectivity index (χ0) is 14.1. The minimum atomic E-state index is 0.981. The van der Waals surface area contributed by atoms with Crippen molar-refractivity contribution in [2.75, 3.05) is 18.0 Å². The number of hydrogen-bond donors (Lipinski definition) is 0. The highest BCUT2D eigenvalue weighted by atomic mass is 15.2. The largest absolute Gasteiger partial charge is 0.357 e. The molecule has 0 amide bonds. The summed E-state index contributed by atoms with van der Waals surface area (Å²) in [7, 11) is 0. The van der Waals surface area contributed by atoms with Gasteiger partial charge in [-0.1, -0.05) is 24.3 Å². The molecule has 3 heteroatoms. The van der Waals surface area contributed by atoms with E-state index in [0.717, 1.165) is 35.7 Å². The van der Waals surface area contributed by atoms with E-state index in [2.05, 4.69) is 40.2 Å². The highest BCUT2D eigenvalue weighted by molar-refractivity contribution is 5.81. The molecule has 0 atom stereocenters. The molecule has 0 unspecified atom stereocenters. The van der Waals surface area contributed by atoms with Gasteiger partial charge in [0.2, 0.25) is 0 Å². The Balaban J connectivity index is 1.67. The van der Waals surface area contributed by atoms with Gasteiger partial charge in [0.25, 0.3) is 0 Å². The molecule has 1 saturated heterocycles. The number of fused-ring (bicyclic) bond motifs is 1. The average Bonchev–Trinajstić information content (AvgIpc) is 3.09. The fourth-order valence-electron chi connectivity index (χ4n) is 2.90. The van der Waals surface area contributed by atoms with Crippen molar-refractivity contribution in [1.82, 2.24) is 9.97 Å². The number of anilines is 1. The molecule has 3 heterocycles. The van der Waals surface area contributed by atoms with Gasteiger partial charge < -0.3 is 4.90 Å². The van der Waals surface area contributed by atoms with Crippen LogP contribution in [0.25, 0.3) is 22.2 Å². The first-order chi connectivity index (χ1) is 10.4. The summed E-state index contributed by atoms with van der Waals surface area (Å²) in [5.41, 5.74) is 3.08. The molecule has 4 rings (SSSR count). The molecular weight excluding hydrogens is 258 g/mol. The molecule has 1 aromatic carbocycles. The van der Waals surface area contributed by atoms with Gasteiger partial charge in [-0.05, 0) is 37.1 Å². The second-order valence-electron chi connectivity index (χ2n) is 5.49. The van der Waals surface area contributed by atoms with Crippen molar-refractivity contribution < 1.29 is 0 Å². The van der Waals surface area contributed by atoms with E-state index in [1.54, 1.807) is 0 Å². The Morgan fingerprint density at radius 1 is 0.857 bits per heavy atom. The number of pyridine rings is 2. The molecule has 3 aromatic rings. The zero-order valence-electron chi connectivity index (χ0n) is 11.9. The summed E-state index contributed by atoms with van der Waals surface area (Å²) in [6.07, 6.45) is 4.48. The Hall–Kier alpha value is -2.42. The first-order valence-corrected chi connectivity index (χ1v) is 7.47. The molecule has 0 aliphatic carbocycles. The van der Waals surface area contributed by atoms with Crippen molar-refractivity contribution in [2.45, 2.75) is 12.8 Å². The predicted octanol–water partition coefficient (Wildman–Crippen LogP) is 3.90. The maximum absolute atomic E-state index is 4.72. The van der Waals surface area contributed by atoms with Crippen LogP contribution in [0.1, 0.15) is 12.8 Å². The first-order valence-electron chi connectivity index (χ1n) is 7.47. The van der Waals surface area contributed by atoms with Gasteiger partial charge in [-0.15, -0.1) is 0 Å². The van der Waals surface area contributed by atoms with E-state index in [-0.39, 0.29) is 0 Å². The summed E-state index contributed by atoms with van der Waals surface area (Å²) >= 11 is 0. The number of nitrogens with zero attached hydrogens (tertiary/aromatic N) is 3. The van der Waals surface area contributed by atoms with Crippen LogP contribution in [0.3, 0.4) is 0 Å². The van der Waals surface area contributed by atoms with Crippen LogP contribution < -0.4 is 4.90 Å². The quantitative estimate of drug-likeness (QED) is 0.710. The first kappa shape index (κ1) is 12.3. The van der Waals surface area contributed by atoms with Crippen molar-refractivity contribution >= 4 is 16.7 Å². The summed E-state index contributed by atoms with van der Waals surface area (Å²) in [5.74, 6) is 1.08. The van der Waals surface area contributed by atoms with Crippen molar-refractivity contribution in [3.63, 3.8) is 0 Å². The van der Waals surface area contributed by atoms with E-state index in [1.165, 1.54) is 18.2 Å². The molecular formula is C18H17N3. The van der Waals surface area contributed by atoms with E-state index in [1.807, 2.05) is 24.4 Å². The van der Waals surface area contributed by atoms with E-state index in [9.17, 15) is 0 Å². The van der Waals surface area contributed by atoms with Gasteiger partial charge in [0.05, 0.1) is 11.2 Å². The number of hydrogen-bond acceptors (Lipinski definition) is 3. The molecule has 0 saturated carbocycles. The average molecular weight is 275 g/mol. The van der Waals surface area contributed by atoms with Gasteiger partial charge in [0.1, 0.15) is 5.82 Å². The van der Waals surface area contributed by atoms with E-state index < -0.39 is 0 Å². The van der Waals surface area contributed by atoms with E-state index >= 15 is 0 Å². The van der Waals surface area contributed by atoms with Crippen LogP contribution in [0.4, 0.5) is 5.82 Å². The highest BCUT2D eigenvalue weighted by Crippen LogP contribution is 2.23. The molecule has 0 N–H and O–H groups in total. The molecule has 21 heavy (non-hydrogen) atoms. The second-order valence-corrected chi connectivity index (χ2v) is 5.49. The predicted molar refractivity (Wildman–Crippen MR) is 86.4 cm³/mol. The van der Waals surface area contributed by atoms with E-state index in [4.69, 9.17) is 4.98 Å². The van der Waals surface area contributed by atoms with Gasteiger partial charge in [-0.3, -0.25) is 0 Å². The summed E-state index contributed by atoms with van der Waals surface area (Å²) in [6, 6.07) is 16.6. The van der Waals surface area contributed by atoms with Gasteiger partial charge >= 0.3 is 0 Å². The minimum Gasteiger partial charge on any atom is -0.357 e. The molecule has 1 fully saturated rings. The molecule has 104 valence electrons. The minimum absolute atomic E-state index is 0.981. The zero-order valence-corrected chi connectivity index (χ0v) is 11.9. The Labute approximate surface area is 124 Å². The van der Waals surface area contributed by atoms with Gasteiger partial charge in [-0.2, -0.15) is 0 Å². The Morgan fingerprint density at radius 3 is 2.52 bits per heavy atom. The van der Waals surface area contributed by atoms with Crippen LogP contribution in [-0.2, 0) is 0 Å². The lowest BCUT2D eigenvalue weighted by Crippen LogP contribution is -2.18. The monoisotopic (exact) mass is 275 g/mol. The summed E-state index contributed by atoms with van der Waals surface area (Å²) in [6.45, 7) is 2.25. The molecule has 1 aliphatic heterocycles. The smallest absolute Gasteiger partial charge is 0.128 e. The standard InChI is InChI=1S/C18H17N3/c1-2-6-16-14(5-1)7-9-17(20-16)15-8-10-18(19-13-15)21-11-3-4-12-21/h1-2,5-10,13H,3-4,11-12H2. The summed E-state index contributed by atoms with van der Waals surface area (Å²) in [5, 5.41) is 1.17. The second kappa shape index (κ2) is 5.17. The summed E-state index contributed by atoms with van der Waals surface area (Å²) < 4.78 is 0. The van der Waals surface area contributed by atoms with Crippen LogP contribution in [0.15, 0.2) is 54.7 Å². The maximum atomic E-state index is 4.72. The summed E-state index contributed by atoms with van der Waals surface area (Å²) in [4.78, 5) is 11.7. The van der Waals surface area contributed by atoms with Crippen LogP contribution in [0.5, 0.6) is 0 Å². The van der Waals surface area contributed by atoms with Gasteiger partial charge in [0.15, 0.2) is 0 Å². The van der Waals surface area contributed by atoms with E-state index in [0.29, 0.717) is 0 Å². The molecule has 2 aromatic heterocycles. The van der Waals surface area contributed by atoms with Crippen molar-refractivity contribution in [3.05, 3.63) is 54.7 Å². The van der Waals surface area contributed by atoms with Gasteiger partial charge in [-0.25, -0.2) is 9.97 Å². The van der Waals surface area contributed by atoms with Gasteiger partial charge in [0, 0.05) is 30.2 Å². The normalized spacial score (nSPS) is 14.8. The Kier molecular flexibility index (Phi) is 3.03. The molecule has 1 aliphatic rings. The topological polar surface area (TPSA) is 29.0 Å². The maximum Gasteiger partial charge on any atom is 0.128 e. The lowest BCUT2D eigenvalue weighted by Gasteiger charge is -2.16. The highest BCUT2D eigenvalue weighted by Gasteiger charge is 2.13. The molecule has 0 spiro atoms. The number of aromatic nitrogens is 2. The molecule has 0 bridgehead atoms. The SMILES string of the molecule is c1ccc2nc(-c3ccc(N4CCCC4)nc3)ccc2c1. The van der Waals surface area contributed by atoms with Crippen LogP contribution in [0, 0.1) is 0 Å². The lowest BCUT2D eigenvalue weighted by atomic mass is 10.1. The molecule has 3 nitrogen and oxygen atoms in total. The van der Waals surface area contributed by atoms with Crippen molar-refractivity contribution in [3.8, 4) is 11.3 Å². The lowest BCUT2D eigenvalue weighted by molar-refractivity contribution is 0.938. The number of benzene rings is 1. The third-order valence-corrected chi connectivity index (χ3v) is 4.07. The third-order valence-electron chi connectivity index (χ3n) is 4.07. The Bertz CT molecular complexity index is 759. The fraction of sp³-hybridized carbons (Fsp3) is 0.222. The molecule has 0 radical (unpaired) electrons. The third kappa shape index (κ3) is 2.35. The fourth-order valence-corrected chi connectivity index (χ4v) is 2.90. The van der Waals surface area contributed by atoms with Crippen LogP contribution >= 0.6 is 0 Å².